The third kappa shape index (κ3) is 6.37. The normalized spacial score (nSPS) is 11.3. The van der Waals surface area contributed by atoms with Crippen LogP contribution < -0.4 is 14.8 Å². The molecule has 0 saturated heterocycles. The number of benzene rings is 3. The fourth-order valence-corrected chi connectivity index (χ4v) is 4.27. The van der Waals surface area contributed by atoms with Gasteiger partial charge in [-0.15, -0.1) is 0 Å². The molecule has 162 valence electrons. The van der Waals surface area contributed by atoms with Crippen molar-refractivity contribution in [2.45, 2.75) is 24.8 Å². The van der Waals surface area contributed by atoms with E-state index in [1.54, 1.807) is 24.3 Å². The van der Waals surface area contributed by atoms with Gasteiger partial charge in [0.25, 0.3) is 15.9 Å². The van der Waals surface area contributed by atoms with E-state index in [1.807, 2.05) is 13.8 Å². The SMILES string of the molecule is CC(C)Oc1ccc(C(=O)Nc2ccc(S(=O)(=O)Nc3cc(Cl)cc(Cl)c3)cc2)cc1. The van der Waals surface area contributed by atoms with E-state index < -0.39 is 10.0 Å². The van der Waals surface area contributed by atoms with Crippen molar-refractivity contribution in [3.05, 3.63) is 82.3 Å². The standard InChI is InChI=1S/C22H20Cl2N2O4S/c1-14(2)30-20-7-3-15(4-8-20)22(27)25-18-5-9-21(10-6-18)31(28,29)26-19-12-16(23)11-17(24)13-19/h3-14,26H,1-2H3,(H,25,27). The van der Waals surface area contributed by atoms with Crippen LogP contribution in [0.5, 0.6) is 5.75 Å². The number of rotatable bonds is 7. The number of anilines is 2. The van der Waals surface area contributed by atoms with E-state index in [0.29, 0.717) is 27.0 Å². The molecule has 0 spiro atoms. The molecule has 31 heavy (non-hydrogen) atoms. The van der Waals surface area contributed by atoms with Crippen molar-refractivity contribution in [3.63, 3.8) is 0 Å². The zero-order chi connectivity index (χ0) is 22.6. The average molecular weight is 479 g/mol. The van der Waals surface area contributed by atoms with Gasteiger partial charge in [-0.1, -0.05) is 23.2 Å². The Labute approximate surface area is 191 Å². The summed E-state index contributed by atoms with van der Waals surface area (Å²) >= 11 is 11.8. The molecule has 0 aliphatic carbocycles. The van der Waals surface area contributed by atoms with E-state index in [1.165, 1.54) is 42.5 Å². The van der Waals surface area contributed by atoms with E-state index in [2.05, 4.69) is 10.0 Å². The zero-order valence-corrected chi connectivity index (χ0v) is 19.1. The molecule has 2 N–H and O–H groups in total. The minimum atomic E-state index is -3.85. The second-order valence-corrected chi connectivity index (χ2v) is 9.49. The van der Waals surface area contributed by atoms with Crippen LogP contribution in [0, 0.1) is 0 Å². The summed E-state index contributed by atoms with van der Waals surface area (Å²) in [6.07, 6.45) is 0.0415. The highest BCUT2D eigenvalue weighted by atomic mass is 35.5. The van der Waals surface area contributed by atoms with Crippen molar-refractivity contribution >= 4 is 50.5 Å². The number of carbonyl (C=O) groups is 1. The van der Waals surface area contributed by atoms with Crippen LogP contribution in [0.25, 0.3) is 0 Å². The predicted octanol–water partition coefficient (Wildman–Crippen LogP) is 5.83. The van der Waals surface area contributed by atoms with Gasteiger partial charge in [0.1, 0.15) is 5.75 Å². The molecule has 0 aliphatic heterocycles. The van der Waals surface area contributed by atoms with Gasteiger partial charge >= 0.3 is 0 Å². The van der Waals surface area contributed by atoms with Gasteiger partial charge in [-0.25, -0.2) is 8.42 Å². The van der Waals surface area contributed by atoms with Crippen LogP contribution in [0.3, 0.4) is 0 Å². The lowest BCUT2D eigenvalue weighted by molar-refractivity contribution is 0.102. The van der Waals surface area contributed by atoms with E-state index in [4.69, 9.17) is 27.9 Å². The molecule has 3 rings (SSSR count). The number of hydrogen-bond acceptors (Lipinski definition) is 4. The van der Waals surface area contributed by atoms with Crippen molar-refractivity contribution in [2.75, 3.05) is 10.0 Å². The Morgan fingerprint density at radius 3 is 2.00 bits per heavy atom. The number of carbonyl (C=O) groups excluding carboxylic acids is 1. The molecule has 0 aliphatic rings. The molecule has 3 aromatic carbocycles. The third-order valence-corrected chi connectivity index (χ3v) is 5.86. The second kappa shape index (κ2) is 9.60. The molecule has 1 amide bonds. The smallest absolute Gasteiger partial charge is 0.261 e. The van der Waals surface area contributed by atoms with Gasteiger partial charge in [0.05, 0.1) is 16.7 Å². The Hall–Kier alpha value is -2.74. The molecule has 0 saturated carbocycles. The summed E-state index contributed by atoms with van der Waals surface area (Å²) in [5, 5.41) is 3.36. The Morgan fingerprint density at radius 1 is 0.871 bits per heavy atom. The summed E-state index contributed by atoms with van der Waals surface area (Å²) in [6, 6.07) is 17.0. The highest BCUT2D eigenvalue weighted by molar-refractivity contribution is 7.92. The Kier molecular flexibility index (Phi) is 7.10. The van der Waals surface area contributed by atoms with Crippen molar-refractivity contribution in [2.24, 2.45) is 0 Å². The van der Waals surface area contributed by atoms with Crippen LogP contribution in [0.2, 0.25) is 10.0 Å². The van der Waals surface area contributed by atoms with Crippen LogP contribution in [-0.2, 0) is 10.0 Å². The molecule has 6 nitrogen and oxygen atoms in total. The first-order valence-electron chi connectivity index (χ1n) is 9.29. The number of hydrogen-bond donors (Lipinski definition) is 2. The lowest BCUT2D eigenvalue weighted by Gasteiger charge is -2.11. The maximum Gasteiger partial charge on any atom is 0.261 e. The summed E-state index contributed by atoms with van der Waals surface area (Å²) < 4.78 is 33.2. The lowest BCUT2D eigenvalue weighted by Crippen LogP contribution is -2.14. The molecule has 0 aromatic heterocycles. The van der Waals surface area contributed by atoms with E-state index >= 15 is 0 Å². The molecular weight excluding hydrogens is 459 g/mol. The second-order valence-electron chi connectivity index (χ2n) is 6.93. The molecule has 3 aromatic rings. The maximum absolute atomic E-state index is 12.6. The fraction of sp³-hybridized carbons (Fsp3) is 0.136. The van der Waals surface area contributed by atoms with Crippen LogP contribution in [0.1, 0.15) is 24.2 Å². The van der Waals surface area contributed by atoms with Crippen molar-refractivity contribution in [1.29, 1.82) is 0 Å². The summed E-state index contributed by atoms with van der Waals surface area (Å²) in [5.74, 6) is 0.355. The first-order chi connectivity index (χ1) is 14.6. The van der Waals surface area contributed by atoms with Crippen LogP contribution in [0.4, 0.5) is 11.4 Å². The predicted molar refractivity (Wildman–Crippen MR) is 124 cm³/mol. The number of ether oxygens (including phenoxy) is 1. The van der Waals surface area contributed by atoms with Crippen LogP contribution in [0.15, 0.2) is 71.6 Å². The highest BCUT2D eigenvalue weighted by Gasteiger charge is 2.15. The number of sulfonamides is 1. The molecule has 0 unspecified atom stereocenters. The van der Waals surface area contributed by atoms with Gasteiger partial charge < -0.3 is 10.1 Å². The van der Waals surface area contributed by atoms with E-state index in [0.717, 1.165) is 0 Å². The van der Waals surface area contributed by atoms with E-state index in [9.17, 15) is 13.2 Å². The minimum Gasteiger partial charge on any atom is -0.491 e. The molecule has 0 bridgehead atoms. The molecule has 0 radical (unpaired) electrons. The quantitative estimate of drug-likeness (QED) is 0.446. The molecule has 9 heteroatoms. The van der Waals surface area contributed by atoms with Crippen molar-refractivity contribution < 1.29 is 17.9 Å². The molecular formula is C22H20Cl2N2O4S. The summed E-state index contributed by atoms with van der Waals surface area (Å²) in [7, 11) is -3.85. The van der Waals surface area contributed by atoms with Crippen LogP contribution >= 0.6 is 23.2 Å². The topological polar surface area (TPSA) is 84.5 Å². The van der Waals surface area contributed by atoms with Gasteiger partial charge in [-0.2, -0.15) is 0 Å². The van der Waals surface area contributed by atoms with Crippen molar-refractivity contribution in [3.8, 4) is 5.75 Å². The number of amides is 1. The summed E-state index contributed by atoms with van der Waals surface area (Å²) in [5.41, 5.74) is 1.16. The summed E-state index contributed by atoms with van der Waals surface area (Å²) in [4.78, 5) is 12.5. The largest absolute Gasteiger partial charge is 0.491 e. The lowest BCUT2D eigenvalue weighted by atomic mass is 10.2. The van der Waals surface area contributed by atoms with Gasteiger partial charge in [0.2, 0.25) is 0 Å². The van der Waals surface area contributed by atoms with E-state index in [-0.39, 0.29) is 22.6 Å². The average Bonchev–Trinajstić information content (AvgIpc) is 2.67. The zero-order valence-electron chi connectivity index (χ0n) is 16.7. The van der Waals surface area contributed by atoms with Gasteiger partial charge in [-0.3, -0.25) is 9.52 Å². The number of halogens is 2. The Balaban J connectivity index is 1.68. The highest BCUT2D eigenvalue weighted by Crippen LogP contribution is 2.25. The number of nitrogens with one attached hydrogen (secondary N) is 2. The molecule has 0 heterocycles. The minimum absolute atomic E-state index is 0.0248. The summed E-state index contributed by atoms with van der Waals surface area (Å²) in [6.45, 7) is 3.84. The Bertz CT molecular complexity index is 1160. The first kappa shape index (κ1) is 22.9. The van der Waals surface area contributed by atoms with Gasteiger partial charge in [0, 0.05) is 21.3 Å². The van der Waals surface area contributed by atoms with Gasteiger partial charge in [0.15, 0.2) is 0 Å². The third-order valence-electron chi connectivity index (χ3n) is 4.03. The maximum atomic E-state index is 12.6. The first-order valence-corrected chi connectivity index (χ1v) is 11.5. The Morgan fingerprint density at radius 2 is 1.45 bits per heavy atom. The van der Waals surface area contributed by atoms with Crippen LogP contribution in [-0.4, -0.2) is 20.4 Å². The monoisotopic (exact) mass is 478 g/mol. The van der Waals surface area contributed by atoms with Gasteiger partial charge in [-0.05, 0) is 80.6 Å². The molecule has 0 atom stereocenters. The van der Waals surface area contributed by atoms with Crippen molar-refractivity contribution in [1.82, 2.24) is 0 Å². The fourth-order valence-electron chi connectivity index (χ4n) is 2.70. The molecule has 0 fully saturated rings.